The van der Waals surface area contributed by atoms with Gasteiger partial charge in [0, 0.05) is 5.56 Å². The van der Waals surface area contributed by atoms with Gasteiger partial charge in [0.05, 0.1) is 30.3 Å². The van der Waals surface area contributed by atoms with E-state index in [1.165, 1.54) is 20.3 Å². The minimum Gasteiger partial charge on any atom is -0.493 e. The first-order valence-electron chi connectivity index (χ1n) is 7.38. The summed E-state index contributed by atoms with van der Waals surface area (Å²) in [6, 6.07) is 8.37. The molecule has 6 nitrogen and oxygen atoms in total. The lowest BCUT2D eigenvalue weighted by Gasteiger charge is -2.10. The van der Waals surface area contributed by atoms with E-state index in [1.807, 2.05) is 0 Å². The number of methoxy groups -OCH3 is 2. The molecular formula is C18H15ClN2O4. The molecule has 2 N–H and O–H groups in total. The van der Waals surface area contributed by atoms with E-state index < -0.39 is 0 Å². The van der Waals surface area contributed by atoms with Gasteiger partial charge in [0.25, 0.3) is 0 Å². The molecule has 3 aromatic rings. The van der Waals surface area contributed by atoms with Crippen molar-refractivity contribution in [2.24, 2.45) is 0 Å². The third-order valence-electron chi connectivity index (χ3n) is 3.68. The van der Waals surface area contributed by atoms with Crippen LogP contribution < -0.4 is 15.2 Å². The second kappa shape index (κ2) is 6.86. The number of nitrogens with one attached hydrogen (secondary N) is 2. The number of H-pyrrole nitrogens is 2. The van der Waals surface area contributed by atoms with E-state index in [-0.39, 0.29) is 11.5 Å². The zero-order valence-electron chi connectivity index (χ0n) is 13.6. The lowest BCUT2D eigenvalue weighted by Crippen LogP contribution is -1.99. The van der Waals surface area contributed by atoms with Crippen LogP contribution in [0.2, 0.25) is 5.02 Å². The van der Waals surface area contributed by atoms with E-state index in [0.29, 0.717) is 38.7 Å². The van der Waals surface area contributed by atoms with Crippen molar-refractivity contribution >= 4 is 34.5 Å². The summed E-state index contributed by atoms with van der Waals surface area (Å²) in [6.45, 7) is 0. The summed E-state index contributed by atoms with van der Waals surface area (Å²) in [5.41, 5.74) is 2.09. The second-order valence-corrected chi connectivity index (χ2v) is 5.68. The molecule has 128 valence electrons. The van der Waals surface area contributed by atoms with E-state index in [2.05, 4.69) is 9.97 Å². The summed E-state index contributed by atoms with van der Waals surface area (Å²) < 4.78 is 10.4. The van der Waals surface area contributed by atoms with Gasteiger partial charge in [-0.1, -0.05) is 17.7 Å². The van der Waals surface area contributed by atoms with Gasteiger partial charge >= 0.3 is 5.69 Å². The van der Waals surface area contributed by atoms with Gasteiger partial charge in [-0.15, -0.1) is 0 Å². The fraction of sp³-hybridized carbons (Fsp3) is 0.111. The van der Waals surface area contributed by atoms with Crippen molar-refractivity contribution in [1.82, 2.24) is 9.97 Å². The molecule has 1 heterocycles. The van der Waals surface area contributed by atoms with Gasteiger partial charge in [-0.05, 0) is 42.0 Å². The van der Waals surface area contributed by atoms with E-state index >= 15 is 0 Å². The number of allylic oxidation sites excluding steroid dienone is 1. The van der Waals surface area contributed by atoms with Crippen molar-refractivity contribution in [3.63, 3.8) is 0 Å². The predicted molar refractivity (Wildman–Crippen MR) is 96.8 cm³/mol. The van der Waals surface area contributed by atoms with Crippen LogP contribution in [0, 0.1) is 0 Å². The van der Waals surface area contributed by atoms with Crippen molar-refractivity contribution in [3.8, 4) is 11.5 Å². The highest BCUT2D eigenvalue weighted by molar-refractivity contribution is 6.32. The Morgan fingerprint density at radius 1 is 1.08 bits per heavy atom. The Bertz CT molecular complexity index is 1030. The Labute approximate surface area is 148 Å². The molecule has 0 spiro atoms. The molecule has 2 aromatic carbocycles. The second-order valence-electron chi connectivity index (χ2n) is 5.28. The summed E-state index contributed by atoms with van der Waals surface area (Å²) in [7, 11) is 3.02. The molecule has 1 aromatic heterocycles. The van der Waals surface area contributed by atoms with Gasteiger partial charge in [-0.25, -0.2) is 4.79 Å². The number of imidazole rings is 1. The normalized spacial score (nSPS) is 11.2. The van der Waals surface area contributed by atoms with Gasteiger partial charge in [-0.3, -0.25) is 4.79 Å². The first kappa shape index (κ1) is 16.9. The molecule has 0 aliphatic rings. The third kappa shape index (κ3) is 3.44. The largest absolute Gasteiger partial charge is 0.493 e. The summed E-state index contributed by atoms with van der Waals surface area (Å²) >= 11 is 6.15. The summed E-state index contributed by atoms with van der Waals surface area (Å²) in [4.78, 5) is 28.9. The van der Waals surface area contributed by atoms with Crippen molar-refractivity contribution in [2.75, 3.05) is 14.2 Å². The number of aromatic amines is 2. The Morgan fingerprint density at radius 2 is 1.84 bits per heavy atom. The summed E-state index contributed by atoms with van der Waals surface area (Å²) in [6.07, 6.45) is 3.07. The number of benzene rings is 2. The molecule has 7 heteroatoms. The number of ketones is 1. The van der Waals surface area contributed by atoms with Crippen LogP contribution in [0.4, 0.5) is 0 Å². The monoisotopic (exact) mass is 358 g/mol. The standard InChI is InChI=1S/C18H15ClN2O4/c1-24-16-8-10(7-12(19)17(16)25-2)3-6-15(22)11-4-5-13-14(9-11)21-18(23)20-13/h3-9H,1-2H3,(H2,20,21,23)/b6-3+. The van der Waals surface area contributed by atoms with Crippen LogP contribution in [0.25, 0.3) is 17.1 Å². The van der Waals surface area contributed by atoms with E-state index in [4.69, 9.17) is 21.1 Å². The average molecular weight is 359 g/mol. The van der Waals surface area contributed by atoms with Gasteiger partial charge in [-0.2, -0.15) is 0 Å². The number of halogens is 1. The number of ether oxygens (including phenoxy) is 2. The maximum atomic E-state index is 12.4. The molecule has 0 saturated heterocycles. The number of aromatic nitrogens is 2. The average Bonchev–Trinajstić information content (AvgIpc) is 2.98. The Morgan fingerprint density at radius 3 is 2.56 bits per heavy atom. The fourth-order valence-electron chi connectivity index (χ4n) is 2.49. The zero-order valence-corrected chi connectivity index (χ0v) is 14.3. The van der Waals surface area contributed by atoms with E-state index in [0.717, 1.165) is 0 Å². The number of hydrogen-bond donors (Lipinski definition) is 2. The molecule has 0 saturated carbocycles. The SMILES string of the molecule is COc1cc(/C=C/C(=O)c2ccc3[nH]c(=O)[nH]c3c2)cc(Cl)c1OC. The molecule has 0 bridgehead atoms. The van der Waals surface area contributed by atoms with Gasteiger partial charge in [0.1, 0.15) is 0 Å². The summed E-state index contributed by atoms with van der Waals surface area (Å²) in [5.74, 6) is 0.720. The fourth-order valence-corrected chi connectivity index (χ4v) is 2.78. The van der Waals surface area contributed by atoms with Crippen LogP contribution >= 0.6 is 11.6 Å². The number of hydrogen-bond acceptors (Lipinski definition) is 4. The Kier molecular flexibility index (Phi) is 4.63. The van der Waals surface area contributed by atoms with Crippen LogP contribution in [0.15, 0.2) is 41.2 Å². The smallest absolute Gasteiger partial charge is 0.323 e. The molecule has 0 unspecified atom stereocenters. The molecule has 0 radical (unpaired) electrons. The first-order valence-corrected chi connectivity index (χ1v) is 7.75. The molecule has 0 fully saturated rings. The minimum atomic E-state index is -0.310. The molecule has 0 atom stereocenters. The molecule has 25 heavy (non-hydrogen) atoms. The number of carbonyl (C=O) groups is 1. The van der Waals surface area contributed by atoms with Crippen LogP contribution in [-0.4, -0.2) is 30.0 Å². The highest BCUT2D eigenvalue weighted by Gasteiger charge is 2.10. The van der Waals surface area contributed by atoms with Crippen molar-refractivity contribution in [1.29, 1.82) is 0 Å². The number of rotatable bonds is 5. The Balaban J connectivity index is 1.88. The lowest BCUT2D eigenvalue weighted by molar-refractivity contribution is 0.104. The maximum absolute atomic E-state index is 12.4. The van der Waals surface area contributed by atoms with Crippen molar-refractivity contribution < 1.29 is 14.3 Å². The van der Waals surface area contributed by atoms with Gasteiger partial charge in [0.15, 0.2) is 17.3 Å². The topological polar surface area (TPSA) is 84.2 Å². The van der Waals surface area contributed by atoms with Crippen LogP contribution in [0.1, 0.15) is 15.9 Å². The number of fused-ring (bicyclic) bond motifs is 1. The highest BCUT2D eigenvalue weighted by Crippen LogP contribution is 2.36. The van der Waals surface area contributed by atoms with Crippen LogP contribution in [0.5, 0.6) is 11.5 Å². The third-order valence-corrected chi connectivity index (χ3v) is 3.96. The van der Waals surface area contributed by atoms with Crippen LogP contribution in [0.3, 0.4) is 0 Å². The lowest BCUT2D eigenvalue weighted by atomic mass is 10.1. The van der Waals surface area contributed by atoms with Crippen molar-refractivity contribution in [2.45, 2.75) is 0 Å². The Hall–Kier alpha value is -2.99. The maximum Gasteiger partial charge on any atom is 0.323 e. The quantitative estimate of drug-likeness (QED) is 0.540. The molecular weight excluding hydrogens is 344 g/mol. The highest BCUT2D eigenvalue weighted by atomic mass is 35.5. The van der Waals surface area contributed by atoms with Crippen molar-refractivity contribution in [3.05, 3.63) is 63.0 Å². The predicted octanol–water partition coefficient (Wildman–Crippen LogP) is 3.42. The van der Waals surface area contributed by atoms with Gasteiger partial charge in [0.2, 0.25) is 0 Å². The van der Waals surface area contributed by atoms with E-state index in [9.17, 15) is 9.59 Å². The number of carbonyl (C=O) groups excluding carboxylic acids is 1. The zero-order chi connectivity index (χ0) is 18.0. The van der Waals surface area contributed by atoms with Crippen LogP contribution in [-0.2, 0) is 0 Å². The van der Waals surface area contributed by atoms with E-state index in [1.54, 1.807) is 36.4 Å². The molecule has 0 amide bonds. The van der Waals surface area contributed by atoms with Gasteiger partial charge < -0.3 is 19.4 Å². The minimum absolute atomic E-state index is 0.199. The molecule has 0 aliphatic carbocycles. The molecule has 0 aliphatic heterocycles. The summed E-state index contributed by atoms with van der Waals surface area (Å²) in [5, 5.41) is 0.389. The first-order chi connectivity index (χ1) is 12.0. The molecule has 3 rings (SSSR count).